The van der Waals surface area contributed by atoms with E-state index in [2.05, 4.69) is 34.6 Å². The van der Waals surface area contributed by atoms with Gasteiger partial charge >= 0.3 is 0 Å². The molecule has 0 bridgehead atoms. The lowest BCUT2D eigenvalue weighted by Crippen LogP contribution is -2.60. The van der Waals surface area contributed by atoms with E-state index in [1.165, 1.54) is 44.7 Å². The number of halogens is 2. The smallest absolute Gasteiger partial charge is 0.223 e. The van der Waals surface area contributed by atoms with Crippen LogP contribution in [0, 0.1) is 68.3 Å². The molecule has 8 nitrogen and oxygen atoms in total. The van der Waals surface area contributed by atoms with Gasteiger partial charge in [-0.05, 0) is 133 Å². The first-order valence-electron chi connectivity index (χ1n) is 21.6. The van der Waals surface area contributed by atoms with Gasteiger partial charge in [0.15, 0.2) is 6.29 Å². The molecule has 2 spiro atoms. The Hall–Kier alpha value is -2.14. The van der Waals surface area contributed by atoms with Crippen LogP contribution in [0.2, 0.25) is 0 Å². The molecule has 55 heavy (non-hydrogen) atoms. The third kappa shape index (κ3) is 5.82. The normalized spacial score (nSPS) is 45.4. The van der Waals surface area contributed by atoms with Crippen LogP contribution >= 0.6 is 0 Å². The highest BCUT2D eigenvalue weighted by Gasteiger charge is 2.84. The van der Waals surface area contributed by atoms with Crippen molar-refractivity contribution >= 4 is 11.8 Å². The minimum atomic E-state index is -0.658. The van der Waals surface area contributed by atoms with Gasteiger partial charge in [0.2, 0.25) is 11.8 Å². The van der Waals surface area contributed by atoms with Gasteiger partial charge in [-0.25, -0.2) is 8.78 Å². The number of amides is 2. The summed E-state index contributed by atoms with van der Waals surface area (Å²) in [4.78, 5) is 29.4. The van der Waals surface area contributed by atoms with Crippen molar-refractivity contribution in [3.8, 4) is 0 Å². The second kappa shape index (κ2) is 13.2. The third-order valence-corrected chi connectivity index (χ3v) is 17.8. The van der Waals surface area contributed by atoms with Crippen LogP contribution in [0.5, 0.6) is 0 Å². The molecular weight excluding hydrogens is 702 g/mol. The highest BCUT2D eigenvalue weighted by atomic mass is 19.1. The van der Waals surface area contributed by atoms with Crippen molar-refractivity contribution in [3.05, 3.63) is 35.4 Å². The molecule has 1 aromatic carbocycles. The minimum Gasteiger partial charge on any atom is -0.390 e. The molecule has 1 aromatic rings. The van der Waals surface area contributed by atoms with Gasteiger partial charge in [-0.2, -0.15) is 0 Å². The molecule has 1 N–H and O–H groups in total. The summed E-state index contributed by atoms with van der Waals surface area (Å²) in [6, 6.07) is 3.40. The van der Waals surface area contributed by atoms with Crippen molar-refractivity contribution in [1.29, 1.82) is 0 Å². The van der Waals surface area contributed by atoms with E-state index in [0.29, 0.717) is 56.0 Å². The van der Waals surface area contributed by atoms with Gasteiger partial charge in [0.25, 0.3) is 0 Å². The van der Waals surface area contributed by atoms with Gasteiger partial charge in [0.05, 0.1) is 37.6 Å². The third-order valence-electron chi connectivity index (χ3n) is 17.8. The van der Waals surface area contributed by atoms with Crippen LogP contribution < -0.4 is 0 Å². The summed E-state index contributed by atoms with van der Waals surface area (Å²) in [7, 11) is 0. The Labute approximate surface area is 326 Å². The average Bonchev–Trinajstić information content (AvgIpc) is 4.04. The predicted octanol–water partition coefficient (Wildman–Crippen LogP) is 7.50. The van der Waals surface area contributed by atoms with Crippen LogP contribution in [0.25, 0.3) is 0 Å². The molecule has 2 amide bonds. The van der Waals surface area contributed by atoms with Crippen LogP contribution in [-0.2, 0) is 30.3 Å². The van der Waals surface area contributed by atoms with Crippen molar-refractivity contribution in [2.24, 2.45) is 56.7 Å². The number of fused-ring (bicyclic) bond motifs is 4. The summed E-state index contributed by atoms with van der Waals surface area (Å²) in [6.07, 6.45) is 10.1. The topological polar surface area (TPSA) is 88.5 Å². The Kier molecular flexibility index (Phi) is 9.20. The molecule has 3 unspecified atom stereocenters. The molecule has 304 valence electrons. The number of rotatable bonds is 8. The number of morpholine rings is 1. The number of benzene rings is 1. The molecule has 10 heteroatoms. The number of carbonyl (C=O) groups is 2. The molecule has 9 rings (SSSR count). The first-order valence-corrected chi connectivity index (χ1v) is 21.6. The lowest BCUT2D eigenvalue weighted by atomic mass is 9.41. The zero-order valence-electron chi connectivity index (χ0n) is 34.0. The highest BCUT2D eigenvalue weighted by molar-refractivity contribution is 5.76. The number of aliphatic hydroxyl groups is 1. The van der Waals surface area contributed by atoms with Gasteiger partial charge < -0.3 is 29.1 Å². The predicted molar refractivity (Wildman–Crippen MR) is 202 cm³/mol. The molecule has 13 atom stereocenters. The van der Waals surface area contributed by atoms with Crippen molar-refractivity contribution in [2.75, 3.05) is 26.2 Å². The van der Waals surface area contributed by atoms with E-state index >= 15 is 0 Å². The number of carbonyl (C=O) groups excluding carboxylic acids is 2. The Morgan fingerprint density at radius 2 is 1.69 bits per heavy atom. The largest absolute Gasteiger partial charge is 0.390 e. The lowest BCUT2D eigenvalue weighted by Gasteiger charge is -2.64. The molecule has 2 heterocycles. The molecule has 6 saturated carbocycles. The summed E-state index contributed by atoms with van der Waals surface area (Å²) < 4.78 is 48.0. The number of nitrogens with zero attached hydrogens (tertiary/aromatic N) is 2. The second-order valence-electron chi connectivity index (χ2n) is 20.7. The Morgan fingerprint density at radius 3 is 2.40 bits per heavy atom. The lowest BCUT2D eigenvalue weighted by molar-refractivity contribution is -0.248. The quantitative estimate of drug-likeness (QED) is 0.295. The fourth-order valence-corrected chi connectivity index (χ4v) is 15.0. The van der Waals surface area contributed by atoms with Crippen molar-refractivity contribution < 1.29 is 37.7 Å². The zero-order chi connectivity index (χ0) is 38.9. The number of aliphatic hydroxyl groups excluding tert-OH is 1. The fourth-order valence-electron chi connectivity index (χ4n) is 15.0. The number of hydrogen-bond acceptors (Lipinski definition) is 6. The number of hydrogen-bond donors (Lipinski definition) is 1. The zero-order valence-corrected chi connectivity index (χ0v) is 34.0. The maximum absolute atomic E-state index is 14.0. The van der Waals surface area contributed by atoms with Crippen LogP contribution in [0.1, 0.15) is 118 Å². The molecule has 2 aliphatic heterocycles. The summed E-state index contributed by atoms with van der Waals surface area (Å²) in [5, 5.41) is 12.7. The van der Waals surface area contributed by atoms with Gasteiger partial charge in [-0.3, -0.25) is 9.59 Å². The molecule has 0 aromatic heterocycles. The second-order valence-corrected chi connectivity index (χ2v) is 20.7. The SMILES string of the molecule is CC(=O)N(Cc1cc(F)cc(F)c1)CC1C[C@@H](C)[C@H]2C(O1)[C@H](O)[C@@]1(C)C3CC[C@H]4C(C)(C)[C@@H](O[C@H]5CN(C(=O)CC6CC6)CCO5)CC[C@@]45C[C@@]35CC[C@]21C. The maximum atomic E-state index is 14.0. The highest BCUT2D eigenvalue weighted by Crippen LogP contribution is 2.89. The standard InChI is InChI=1S/C45H64F2N2O6/c1-26-17-32(23-49(27(2)50)22-29-18-30(46)21-31(47)19-29)54-39-38(26)42(5)13-14-45-25-44(45)12-11-35(41(3,4)33(44)9-10-34(45)43(42,6)40(39)52)55-37-24-48(15-16-53-37)36(51)20-28-7-8-28/h18-19,21,26,28,32-35,37-40,52H,7-17,20,22-25H2,1-6H3/t26-,32?,33+,34?,35+,37+,38+,39?,40+,42-,43-,44-,45+/m1/s1. The Balaban J connectivity index is 0.904. The summed E-state index contributed by atoms with van der Waals surface area (Å²) in [5.41, 5.74) is 0.456. The summed E-state index contributed by atoms with van der Waals surface area (Å²) >= 11 is 0. The van der Waals surface area contributed by atoms with E-state index in [1.807, 2.05) is 4.90 Å². The van der Waals surface area contributed by atoms with Crippen molar-refractivity contribution in [3.63, 3.8) is 0 Å². The molecule has 2 saturated heterocycles. The van der Waals surface area contributed by atoms with Crippen LogP contribution in [0.15, 0.2) is 18.2 Å². The Bertz CT molecular complexity index is 1680. The van der Waals surface area contributed by atoms with Gasteiger partial charge in [-0.15, -0.1) is 0 Å². The van der Waals surface area contributed by atoms with Gasteiger partial charge in [0, 0.05) is 44.5 Å². The first-order chi connectivity index (χ1) is 26.0. The van der Waals surface area contributed by atoms with E-state index in [-0.39, 0.29) is 81.9 Å². The van der Waals surface area contributed by atoms with Crippen molar-refractivity contribution in [1.82, 2.24) is 9.80 Å². The molecular formula is C45H64F2N2O6. The van der Waals surface area contributed by atoms with E-state index < -0.39 is 17.7 Å². The van der Waals surface area contributed by atoms with E-state index in [4.69, 9.17) is 14.2 Å². The summed E-state index contributed by atoms with van der Waals surface area (Å²) in [6.45, 7) is 15.6. The first kappa shape index (κ1) is 38.4. The average molecular weight is 767 g/mol. The van der Waals surface area contributed by atoms with Gasteiger partial charge in [0.1, 0.15) is 11.6 Å². The minimum absolute atomic E-state index is 0.0367. The Morgan fingerprint density at radius 1 is 0.982 bits per heavy atom. The molecule has 6 aliphatic carbocycles. The van der Waals surface area contributed by atoms with Crippen LogP contribution in [-0.4, -0.2) is 83.7 Å². The summed E-state index contributed by atoms with van der Waals surface area (Å²) in [5.74, 6) is 0.772. The molecule has 8 fully saturated rings. The molecule has 0 radical (unpaired) electrons. The van der Waals surface area contributed by atoms with Crippen LogP contribution in [0.4, 0.5) is 8.78 Å². The maximum Gasteiger partial charge on any atom is 0.223 e. The fraction of sp³-hybridized carbons (Fsp3) is 0.822. The number of ether oxygens (including phenoxy) is 3. The van der Waals surface area contributed by atoms with Crippen LogP contribution in [0.3, 0.4) is 0 Å². The van der Waals surface area contributed by atoms with Crippen molar-refractivity contribution in [2.45, 2.75) is 149 Å². The van der Waals surface area contributed by atoms with E-state index in [9.17, 15) is 23.5 Å². The van der Waals surface area contributed by atoms with E-state index in [0.717, 1.165) is 44.6 Å². The van der Waals surface area contributed by atoms with E-state index in [1.54, 1.807) is 4.90 Å². The van der Waals surface area contributed by atoms with Gasteiger partial charge in [-0.1, -0.05) is 34.6 Å². The molecule has 8 aliphatic rings. The monoisotopic (exact) mass is 766 g/mol.